The standard InChI is InChI=1S/C16H19FN4O3/c1-24-13-8-10(2-3-11(13)12-9-14(18)20-19-12)16(17)4-6-21(7-5-16)15(22)23/h2-3,8-9H,4-7H2,1H3,(H,22,23)(H3,18,19,20). The van der Waals surface area contributed by atoms with Gasteiger partial charge in [-0.3, -0.25) is 5.10 Å². The maximum absolute atomic E-state index is 15.3. The number of nitrogens with one attached hydrogen (secondary N) is 1. The highest BCUT2D eigenvalue weighted by Gasteiger charge is 2.38. The van der Waals surface area contributed by atoms with Crippen LogP contribution in [0.5, 0.6) is 5.75 Å². The molecule has 2 heterocycles. The van der Waals surface area contributed by atoms with Crippen LogP contribution in [0.2, 0.25) is 0 Å². The summed E-state index contributed by atoms with van der Waals surface area (Å²) in [7, 11) is 1.51. The van der Waals surface area contributed by atoms with E-state index in [1.165, 1.54) is 12.0 Å². The number of nitrogens with zero attached hydrogens (tertiary/aromatic N) is 2. The molecule has 0 spiro atoms. The fourth-order valence-electron chi connectivity index (χ4n) is 3.01. The summed E-state index contributed by atoms with van der Waals surface area (Å²) in [6.07, 6.45) is -0.765. The quantitative estimate of drug-likeness (QED) is 0.800. The number of benzene rings is 1. The van der Waals surface area contributed by atoms with Crippen LogP contribution >= 0.6 is 0 Å². The number of alkyl halides is 1. The molecule has 1 aromatic heterocycles. The van der Waals surface area contributed by atoms with Crippen molar-refractivity contribution in [2.45, 2.75) is 18.5 Å². The molecule has 8 heteroatoms. The molecule has 1 aliphatic rings. The Morgan fingerprint density at radius 3 is 2.67 bits per heavy atom. The van der Waals surface area contributed by atoms with Gasteiger partial charge in [0.05, 0.1) is 12.8 Å². The molecule has 0 radical (unpaired) electrons. The van der Waals surface area contributed by atoms with Crippen molar-refractivity contribution < 1.29 is 19.0 Å². The Hall–Kier alpha value is -2.77. The summed E-state index contributed by atoms with van der Waals surface area (Å²) in [4.78, 5) is 12.2. The highest BCUT2D eigenvalue weighted by atomic mass is 19.1. The van der Waals surface area contributed by atoms with Gasteiger partial charge in [-0.15, -0.1) is 0 Å². The predicted molar refractivity (Wildman–Crippen MR) is 86.6 cm³/mol. The van der Waals surface area contributed by atoms with Crippen LogP contribution in [0, 0.1) is 0 Å². The van der Waals surface area contributed by atoms with Crippen molar-refractivity contribution in [1.29, 1.82) is 0 Å². The fourth-order valence-corrected chi connectivity index (χ4v) is 3.01. The number of rotatable bonds is 3. The van der Waals surface area contributed by atoms with Crippen LogP contribution in [-0.4, -0.2) is 46.5 Å². The zero-order valence-electron chi connectivity index (χ0n) is 13.3. The summed E-state index contributed by atoms with van der Waals surface area (Å²) in [6.45, 7) is 0.347. The molecular formula is C16H19FN4O3. The van der Waals surface area contributed by atoms with Crippen molar-refractivity contribution in [3.63, 3.8) is 0 Å². The third kappa shape index (κ3) is 2.86. The van der Waals surface area contributed by atoms with Crippen LogP contribution in [0.1, 0.15) is 18.4 Å². The molecule has 0 aliphatic carbocycles. The number of hydrogen-bond acceptors (Lipinski definition) is 4. The zero-order chi connectivity index (χ0) is 17.3. The summed E-state index contributed by atoms with van der Waals surface area (Å²) in [6, 6.07) is 6.79. The van der Waals surface area contributed by atoms with Gasteiger partial charge in [-0.1, -0.05) is 6.07 Å². The van der Waals surface area contributed by atoms with Crippen LogP contribution in [-0.2, 0) is 5.67 Å². The fraction of sp³-hybridized carbons (Fsp3) is 0.375. The number of amides is 1. The molecule has 3 rings (SSSR count). The lowest BCUT2D eigenvalue weighted by atomic mass is 9.85. The van der Waals surface area contributed by atoms with Gasteiger partial charge in [0.1, 0.15) is 17.2 Å². The Morgan fingerprint density at radius 2 is 2.12 bits per heavy atom. The molecule has 2 aromatic rings. The minimum absolute atomic E-state index is 0.124. The third-order valence-electron chi connectivity index (χ3n) is 4.43. The average molecular weight is 334 g/mol. The van der Waals surface area contributed by atoms with Gasteiger partial charge in [0.2, 0.25) is 0 Å². The number of halogens is 1. The molecule has 0 atom stereocenters. The monoisotopic (exact) mass is 334 g/mol. The van der Waals surface area contributed by atoms with Gasteiger partial charge in [0.15, 0.2) is 0 Å². The van der Waals surface area contributed by atoms with E-state index in [-0.39, 0.29) is 25.9 Å². The van der Waals surface area contributed by atoms with E-state index in [2.05, 4.69) is 10.2 Å². The van der Waals surface area contributed by atoms with Gasteiger partial charge in [0.25, 0.3) is 0 Å². The van der Waals surface area contributed by atoms with E-state index in [1.54, 1.807) is 24.3 Å². The van der Waals surface area contributed by atoms with Crippen molar-refractivity contribution in [1.82, 2.24) is 15.1 Å². The van der Waals surface area contributed by atoms with Crippen molar-refractivity contribution >= 4 is 11.9 Å². The number of H-pyrrole nitrogens is 1. The molecular weight excluding hydrogens is 315 g/mol. The Morgan fingerprint density at radius 1 is 1.42 bits per heavy atom. The van der Waals surface area contributed by atoms with Crippen LogP contribution in [0.15, 0.2) is 24.3 Å². The largest absolute Gasteiger partial charge is 0.496 e. The normalized spacial score (nSPS) is 16.8. The van der Waals surface area contributed by atoms with E-state index >= 15 is 4.39 Å². The van der Waals surface area contributed by atoms with E-state index in [0.29, 0.717) is 22.8 Å². The Kier molecular flexibility index (Phi) is 4.04. The minimum atomic E-state index is -1.56. The maximum Gasteiger partial charge on any atom is 0.407 e. The number of methoxy groups -OCH3 is 1. The summed E-state index contributed by atoms with van der Waals surface area (Å²) in [5, 5.41) is 15.7. The smallest absolute Gasteiger partial charge is 0.407 e. The molecule has 1 saturated heterocycles. The number of hydrogen-bond donors (Lipinski definition) is 3. The van der Waals surface area contributed by atoms with Crippen molar-refractivity contribution in [2.24, 2.45) is 0 Å². The van der Waals surface area contributed by atoms with Crippen LogP contribution in [0.4, 0.5) is 15.0 Å². The number of anilines is 1. The number of nitrogens with two attached hydrogens (primary N) is 1. The second kappa shape index (κ2) is 6.03. The third-order valence-corrected chi connectivity index (χ3v) is 4.43. The number of nitrogen functional groups attached to an aromatic ring is 1. The summed E-state index contributed by atoms with van der Waals surface area (Å²) in [5.41, 5.74) is 5.96. The Bertz CT molecular complexity index is 754. The van der Waals surface area contributed by atoms with E-state index in [0.717, 1.165) is 5.56 Å². The average Bonchev–Trinajstić information content (AvgIpc) is 3.01. The first-order chi connectivity index (χ1) is 11.4. The molecule has 0 saturated carbocycles. The highest BCUT2D eigenvalue weighted by molar-refractivity contribution is 5.70. The van der Waals surface area contributed by atoms with Gasteiger partial charge < -0.3 is 20.5 Å². The van der Waals surface area contributed by atoms with Crippen LogP contribution in [0.3, 0.4) is 0 Å². The van der Waals surface area contributed by atoms with E-state index in [1.807, 2.05) is 0 Å². The summed E-state index contributed by atoms with van der Waals surface area (Å²) < 4.78 is 20.7. The molecule has 1 amide bonds. The topological polar surface area (TPSA) is 104 Å². The molecule has 0 bridgehead atoms. The SMILES string of the molecule is COc1cc(C2(F)CCN(C(=O)O)CC2)ccc1-c1cc(N)n[nH]1. The van der Waals surface area contributed by atoms with E-state index in [9.17, 15) is 4.79 Å². The number of carbonyl (C=O) groups is 1. The van der Waals surface area contributed by atoms with E-state index in [4.69, 9.17) is 15.6 Å². The molecule has 128 valence electrons. The second-order valence-corrected chi connectivity index (χ2v) is 5.86. The molecule has 0 unspecified atom stereocenters. The number of piperidine rings is 1. The van der Waals surface area contributed by atoms with Gasteiger partial charge in [-0.25, -0.2) is 9.18 Å². The first-order valence-electron chi connectivity index (χ1n) is 7.59. The Balaban J connectivity index is 1.88. The number of carboxylic acid groups (broad SMARTS) is 1. The number of ether oxygens (including phenoxy) is 1. The number of likely N-dealkylation sites (tertiary alicyclic amines) is 1. The van der Waals surface area contributed by atoms with Gasteiger partial charge in [0, 0.05) is 37.6 Å². The maximum atomic E-state index is 15.3. The molecule has 1 aromatic carbocycles. The molecule has 1 fully saturated rings. The van der Waals surface area contributed by atoms with Crippen molar-refractivity contribution in [2.75, 3.05) is 25.9 Å². The van der Waals surface area contributed by atoms with Crippen LogP contribution in [0.25, 0.3) is 11.3 Å². The van der Waals surface area contributed by atoms with Crippen LogP contribution < -0.4 is 10.5 Å². The lowest BCUT2D eigenvalue weighted by Gasteiger charge is -2.35. The first-order valence-corrected chi connectivity index (χ1v) is 7.59. The second-order valence-electron chi connectivity index (χ2n) is 5.86. The molecule has 7 nitrogen and oxygen atoms in total. The number of aromatic nitrogens is 2. The van der Waals surface area contributed by atoms with Gasteiger partial charge in [-0.2, -0.15) is 5.10 Å². The lowest BCUT2D eigenvalue weighted by Crippen LogP contribution is -2.42. The molecule has 24 heavy (non-hydrogen) atoms. The summed E-state index contributed by atoms with van der Waals surface area (Å²) in [5.74, 6) is 0.868. The van der Waals surface area contributed by atoms with Crippen molar-refractivity contribution in [3.05, 3.63) is 29.8 Å². The van der Waals surface area contributed by atoms with E-state index < -0.39 is 11.8 Å². The zero-order valence-corrected chi connectivity index (χ0v) is 13.3. The number of aromatic amines is 1. The van der Waals surface area contributed by atoms with Gasteiger partial charge >= 0.3 is 6.09 Å². The predicted octanol–water partition coefficient (Wildman–Crippen LogP) is 2.61. The van der Waals surface area contributed by atoms with Gasteiger partial charge in [-0.05, 0) is 17.7 Å². The molecule has 1 aliphatic heterocycles. The highest BCUT2D eigenvalue weighted by Crippen LogP contribution is 2.40. The lowest BCUT2D eigenvalue weighted by molar-refractivity contribution is 0.0550. The minimum Gasteiger partial charge on any atom is -0.496 e. The molecule has 4 N–H and O–H groups in total. The first kappa shape index (κ1) is 16.1. The Labute approximate surface area is 138 Å². The summed E-state index contributed by atoms with van der Waals surface area (Å²) >= 11 is 0. The van der Waals surface area contributed by atoms with Crippen molar-refractivity contribution in [3.8, 4) is 17.0 Å².